The predicted molar refractivity (Wildman–Crippen MR) is 139 cm³/mol. The Kier molecular flexibility index (Phi) is 5.11. The first-order chi connectivity index (χ1) is 17.4. The van der Waals surface area contributed by atoms with Crippen LogP contribution in [0.5, 0.6) is 0 Å². The number of aromatic nitrogens is 4. The number of rotatable bonds is 2. The summed E-state index contributed by atoms with van der Waals surface area (Å²) in [5, 5.41) is 7.65. The van der Waals surface area contributed by atoms with Gasteiger partial charge in [0.05, 0.1) is 38.7 Å². The zero-order valence-corrected chi connectivity index (χ0v) is 19.2. The summed E-state index contributed by atoms with van der Waals surface area (Å²) in [7, 11) is 0. The molecule has 3 heterocycles. The Hall–Kier alpha value is -4.44. The Labute approximate surface area is 207 Å². The molecular formula is C26H15F3N6S. The van der Waals surface area contributed by atoms with Crippen LogP contribution in [-0.4, -0.2) is 25.0 Å². The number of hydrogen-bond acceptors (Lipinski definition) is 5. The van der Waals surface area contributed by atoms with Crippen molar-refractivity contribution < 1.29 is 13.2 Å². The second kappa shape index (κ2) is 8.35. The third-order valence-corrected chi connectivity index (χ3v) is 5.92. The minimum Gasteiger partial charge on any atom is -0.332 e. The Morgan fingerprint density at radius 1 is 0.667 bits per heavy atom. The van der Waals surface area contributed by atoms with Crippen LogP contribution in [0.15, 0.2) is 79.1 Å². The summed E-state index contributed by atoms with van der Waals surface area (Å²) in [6.07, 6.45) is -0.990. The quantitative estimate of drug-likeness (QED) is 0.156. The highest BCUT2D eigenvalue weighted by Crippen LogP contribution is 2.33. The first-order valence-electron chi connectivity index (χ1n) is 10.8. The van der Waals surface area contributed by atoms with Crippen LogP contribution in [0.25, 0.3) is 43.9 Å². The van der Waals surface area contributed by atoms with E-state index in [4.69, 9.17) is 22.2 Å². The van der Waals surface area contributed by atoms with E-state index < -0.39 is 11.7 Å². The zero-order valence-electron chi connectivity index (χ0n) is 18.3. The van der Waals surface area contributed by atoms with E-state index in [1.165, 1.54) is 12.1 Å². The minimum atomic E-state index is -4.44. The lowest BCUT2D eigenvalue weighted by Gasteiger charge is -2.13. The number of anilines is 2. The van der Waals surface area contributed by atoms with Crippen LogP contribution < -0.4 is 10.6 Å². The molecule has 0 amide bonds. The van der Waals surface area contributed by atoms with E-state index in [9.17, 15) is 13.2 Å². The number of thiocarbonyl (C=S) groups is 1. The molecule has 0 aliphatic carbocycles. The molecule has 0 saturated heterocycles. The van der Waals surface area contributed by atoms with Crippen LogP contribution in [0, 0.1) is 0 Å². The Morgan fingerprint density at radius 2 is 1.28 bits per heavy atom. The van der Waals surface area contributed by atoms with Crippen molar-refractivity contribution in [2.75, 3.05) is 10.6 Å². The molecule has 0 atom stereocenters. The average molecular weight is 501 g/mol. The molecule has 0 aliphatic heterocycles. The predicted octanol–water partition coefficient (Wildman–Crippen LogP) is 6.71. The fourth-order valence-corrected chi connectivity index (χ4v) is 4.38. The maximum atomic E-state index is 13.0. The molecule has 0 fully saturated rings. The van der Waals surface area contributed by atoms with E-state index >= 15 is 0 Å². The molecule has 0 radical (unpaired) electrons. The van der Waals surface area contributed by atoms with E-state index in [-0.39, 0.29) is 10.8 Å². The number of pyridine rings is 2. The van der Waals surface area contributed by atoms with Crippen molar-refractivity contribution in [3.8, 4) is 0 Å². The van der Waals surface area contributed by atoms with Crippen molar-refractivity contribution in [1.29, 1.82) is 0 Å². The Bertz CT molecular complexity index is 1820. The summed E-state index contributed by atoms with van der Waals surface area (Å²) in [5.41, 5.74) is 4.34. The molecule has 3 aromatic heterocycles. The summed E-state index contributed by atoms with van der Waals surface area (Å²) >= 11 is 5.32. The van der Waals surface area contributed by atoms with Gasteiger partial charge in [0.15, 0.2) is 5.11 Å². The van der Waals surface area contributed by atoms with Crippen LogP contribution in [0.2, 0.25) is 0 Å². The van der Waals surface area contributed by atoms with E-state index in [0.29, 0.717) is 22.2 Å². The van der Waals surface area contributed by atoms with E-state index in [1.807, 2.05) is 30.3 Å². The van der Waals surface area contributed by atoms with Crippen LogP contribution in [-0.2, 0) is 6.18 Å². The Morgan fingerprint density at radius 3 is 1.92 bits per heavy atom. The highest BCUT2D eigenvalue weighted by atomic mass is 32.1. The van der Waals surface area contributed by atoms with Crippen molar-refractivity contribution >= 4 is 72.6 Å². The van der Waals surface area contributed by atoms with Gasteiger partial charge < -0.3 is 10.6 Å². The van der Waals surface area contributed by atoms with Crippen molar-refractivity contribution in [2.24, 2.45) is 0 Å². The normalized spacial score (nSPS) is 11.9. The summed E-state index contributed by atoms with van der Waals surface area (Å²) in [6.45, 7) is 0. The summed E-state index contributed by atoms with van der Waals surface area (Å²) in [6, 6.07) is 17.8. The molecule has 0 unspecified atom stereocenters. The number of nitrogens with one attached hydrogen (secondary N) is 2. The van der Waals surface area contributed by atoms with Gasteiger partial charge in [-0.3, -0.25) is 9.97 Å². The smallest absolute Gasteiger partial charge is 0.332 e. The van der Waals surface area contributed by atoms with Gasteiger partial charge in [-0.15, -0.1) is 0 Å². The molecule has 0 spiro atoms. The second-order valence-electron chi connectivity index (χ2n) is 8.08. The number of benzene rings is 3. The van der Waals surface area contributed by atoms with Gasteiger partial charge in [0.25, 0.3) is 0 Å². The average Bonchev–Trinajstić information content (AvgIpc) is 2.87. The second-order valence-corrected chi connectivity index (χ2v) is 8.49. The van der Waals surface area contributed by atoms with Crippen molar-refractivity contribution in [1.82, 2.24) is 19.9 Å². The van der Waals surface area contributed by atoms with Gasteiger partial charge in [0, 0.05) is 34.5 Å². The van der Waals surface area contributed by atoms with Gasteiger partial charge in [-0.05, 0) is 72.9 Å². The molecule has 2 N–H and O–H groups in total. The third kappa shape index (κ3) is 3.91. The molecule has 6 aromatic rings. The molecule has 0 saturated carbocycles. The monoisotopic (exact) mass is 500 g/mol. The van der Waals surface area contributed by atoms with Crippen LogP contribution >= 0.6 is 12.2 Å². The lowest BCUT2D eigenvalue weighted by molar-refractivity contribution is -0.137. The maximum absolute atomic E-state index is 13.0. The van der Waals surface area contributed by atoms with Gasteiger partial charge in [-0.2, -0.15) is 13.2 Å². The highest BCUT2D eigenvalue weighted by molar-refractivity contribution is 7.80. The molecular weight excluding hydrogens is 485 g/mol. The summed E-state index contributed by atoms with van der Waals surface area (Å²) in [4.78, 5) is 18.8. The Balaban J connectivity index is 1.38. The van der Waals surface area contributed by atoms with Gasteiger partial charge in [-0.1, -0.05) is 6.07 Å². The largest absolute Gasteiger partial charge is 0.416 e. The molecule has 36 heavy (non-hydrogen) atoms. The first-order valence-corrected chi connectivity index (χ1v) is 11.3. The van der Waals surface area contributed by atoms with Crippen LogP contribution in [0.4, 0.5) is 24.5 Å². The molecule has 10 heteroatoms. The third-order valence-electron chi connectivity index (χ3n) is 5.72. The van der Waals surface area contributed by atoms with Crippen LogP contribution in [0.3, 0.4) is 0 Å². The molecule has 0 bridgehead atoms. The molecule has 6 nitrogen and oxygen atoms in total. The number of hydrogen-bond donors (Lipinski definition) is 2. The number of fused-ring (bicyclic) bond motifs is 7. The molecule has 0 aliphatic rings. The number of nitrogens with zero attached hydrogens (tertiary/aromatic N) is 4. The van der Waals surface area contributed by atoms with E-state index in [2.05, 4.69) is 20.6 Å². The van der Waals surface area contributed by atoms with Crippen molar-refractivity contribution in [3.63, 3.8) is 0 Å². The lowest BCUT2D eigenvalue weighted by Crippen LogP contribution is -2.19. The van der Waals surface area contributed by atoms with Crippen LogP contribution in [0.1, 0.15) is 5.56 Å². The fraction of sp³-hybridized carbons (Fsp3) is 0.0385. The van der Waals surface area contributed by atoms with Gasteiger partial charge >= 0.3 is 6.18 Å². The zero-order chi connectivity index (χ0) is 24.9. The standard InChI is InChI=1S/C26H15F3N6S/c27-26(28,29)14-4-1-5-15(12-14)32-25(36)33-16-8-9-19-20(13-16)35-24-18-7-3-11-31-22(18)21-17(23(24)34-19)6-2-10-30-21/h1-13H,(H2,32,33,36). The number of halogens is 3. The fourth-order valence-electron chi connectivity index (χ4n) is 4.14. The lowest BCUT2D eigenvalue weighted by atomic mass is 10.1. The van der Waals surface area contributed by atoms with Crippen molar-refractivity contribution in [3.05, 3.63) is 84.7 Å². The molecule has 3 aromatic carbocycles. The van der Waals surface area contributed by atoms with Gasteiger partial charge in [0.2, 0.25) is 0 Å². The van der Waals surface area contributed by atoms with Gasteiger partial charge in [-0.25, -0.2) is 9.97 Å². The molecule has 176 valence electrons. The topological polar surface area (TPSA) is 75.6 Å². The highest BCUT2D eigenvalue weighted by Gasteiger charge is 2.30. The number of alkyl halides is 3. The summed E-state index contributed by atoms with van der Waals surface area (Å²) < 4.78 is 39.0. The van der Waals surface area contributed by atoms with Gasteiger partial charge in [0.1, 0.15) is 0 Å². The first kappa shape index (κ1) is 22.1. The van der Waals surface area contributed by atoms with E-state index in [0.717, 1.165) is 39.5 Å². The SMILES string of the molecule is FC(F)(F)c1cccc(NC(=S)Nc2ccc3nc4c5cccnc5c5ncccc5c4nc3c2)c1. The van der Waals surface area contributed by atoms with Crippen molar-refractivity contribution in [2.45, 2.75) is 6.18 Å². The summed E-state index contributed by atoms with van der Waals surface area (Å²) in [5.74, 6) is 0. The minimum absolute atomic E-state index is 0.147. The molecule has 6 rings (SSSR count). The van der Waals surface area contributed by atoms with E-state index in [1.54, 1.807) is 24.5 Å². The maximum Gasteiger partial charge on any atom is 0.416 e.